The van der Waals surface area contributed by atoms with Crippen LogP contribution in [0.4, 0.5) is 9.52 Å². The predicted octanol–water partition coefficient (Wildman–Crippen LogP) is 4.26. The second-order valence-electron chi connectivity index (χ2n) is 5.76. The Morgan fingerprint density at radius 2 is 2.07 bits per heavy atom. The molecular weight excluding hydrogens is 419 g/mol. The number of carbonyl (C=O) groups is 2. The number of nitrogens with one attached hydrogen (secondary N) is 1. The van der Waals surface area contributed by atoms with E-state index in [-0.39, 0.29) is 28.4 Å². The third kappa shape index (κ3) is 4.87. The molecule has 0 aliphatic carbocycles. The Bertz CT molecular complexity index is 1080. The quantitative estimate of drug-likeness (QED) is 0.462. The molecule has 29 heavy (non-hydrogen) atoms. The molecule has 1 N–H and O–H groups in total. The van der Waals surface area contributed by atoms with Crippen LogP contribution in [0.25, 0.3) is 11.8 Å². The van der Waals surface area contributed by atoms with E-state index in [1.54, 1.807) is 26.0 Å². The Kier molecular flexibility index (Phi) is 6.40. The number of aryl methyl sites for hydroxylation is 1. The first-order valence-corrected chi connectivity index (χ1v) is 9.77. The van der Waals surface area contributed by atoms with Gasteiger partial charge in [-0.2, -0.15) is 5.10 Å². The smallest absolute Gasteiger partial charge is 0.357 e. The van der Waals surface area contributed by atoms with Crippen LogP contribution in [-0.4, -0.2) is 33.2 Å². The minimum absolute atomic E-state index is 0.135. The zero-order chi connectivity index (χ0) is 21.0. The fourth-order valence-electron chi connectivity index (χ4n) is 2.39. The first-order chi connectivity index (χ1) is 13.9. The highest BCUT2D eigenvalue weighted by molar-refractivity contribution is 7.14. The van der Waals surface area contributed by atoms with Gasteiger partial charge in [-0.25, -0.2) is 18.9 Å². The number of benzene rings is 1. The summed E-state index contributed by atoms with van der Waals surface area (Å²) in [6, 6.07) is 5.73. The number of hydrogen-bond donors (Lipinski definition) is 1. The number of carbonyl (C=O) groups excluding carboxylic acids is 2. The van der Waals surface area contributed by atoms with E-state index in [9.17, 15) is 14.0 Å². The molecular formula is C19H16ClFN4O3S. The van der Waals surface area contributed by atoms with Crippen LogP contribution >= 0.6 is 22.9 Å². The van der Waals surface area contributed by atoms with Crippen molar-refractivity contribution in [1.82, 2.24) is 14.8 Å². The van der Waals surface area contributed by atoms with Gasteiger partial charge in [0.1, 0.15) is 11.0 Å². The molecule has 1 amide bonds. The number of nitrogens with zero attached hydrogens (tertiary/aromatic N) is 3. The second kappa shape index (κ2) is 8.97. The summed E-state index contributed by atoms with van der Waals surface area (Å²) in [5.41, 5.74) is 1.88. The Morgan fingerprint density at radius 3 is 2.76 bits per heavy atom. The number of anilines is 1. The summed E-state index contributed by atoms with van der Waals surface area (Å²) in [5.74, 6) is -1.35. The maximum Gasteiger partial charge on any atom is 0.357 e. The largest absolute Gasteiger partial charge is 0.461 e. The highest BCUT2D eigenvalue weighted by Crippen LogP contribution is 2.25. The lowest BCUT2D eigenvalue weighted by atomic mass is 10.2. The Hall–Kier alpha value is -3.04. The Labute approximate surface area is 174 Å². The molecule has 7 nitrogen and oxygen atoms in total. The summed E-state index contributed by atoms with van der Waals surface area (Å²) in [6.07, 6.45) is 2.82. The number of aromatic nitrogens is 3. The van der Waals surface area contributed by atoms with E-state index >= 15 is 0 Å². The minimum Gasteiger partial charge on any atom is -0.461 e. The predicted molar refractivity (Wildman–Crippen MR) is 109 cm³/mol. The summed E-state index contributed by atoms with van der Waals surface area (Å²) in [4.78, 5) is 27.8. The highest BCUT2D eigenvalue weighted by Gasteiger charge is 2.14. The van der Waals surface area contributed by atoms with Crippen LogP contribution in [0.15, 0.2) is 35.7 Å². The molecule has 3 rings (SSSR count). The SMILES string of the molecule is CCOC(=O)c1csc(NC(=O)/C=C/c2c(C)nn(-c3ccc(F)cc3)c2Cl)n1. The summed E-state index contributed by atoms with van der Waals surface area (Å²) in [5, 5.41) is 8.97. The summed E-state index contributed by atoms with van der Waals surface area (Å²) < 4.78 is 19.4. The van der Waals surface area contributed by atoms with Crippen LogP contribution in [0.5, 0.6) is 0 Å². The summed E-state index contributed by atoms with van der Waals surface area (Å²) in [7, 11) is 0. The molecule has 3 aromatic rings. The number of rotatable bonds is 6. The van der Waals surface area contributed by atoms with Gasteiger partial charge in [0, 0.05) is 17.0 Å². The molecule has 0 spiro atoms. The van der Waals surface area contributed by atoms with E-state index in [1.807, 2.05) is 0 Å². The van der Waals surface area contributed by atoms with E-state index in [1.165, 1.54) is 34.3 Å². The Balaban J connectivity index is 1.72. The van der Waals surface area contributed by atoms with Gasteiger partial charge >= 0.3 is 5.97 Å². The number of halogens is 2. The normalized spacial score (nSPS) is 11.0. The van der Waals surface area contributed by atoms with Crippen molar-refractivity contribution < 1.29 is 18.7 Å². The van der Waals surface area contributed by atoms with Gasteiger partial charge in [-0.3, -0.25) is 10.1 Å². The molecule has 0 saturated heterocycles. The van der Waals surface area contributed by atoms with E-state index in [0.717, 1.165) is 11.3 Å². The van der Waals surface area contributed by atoms with Crippen molar-refractivity contribution >= 4 is 46.0 Å². The molecule has 0 atom stereocenters. The van der Waals surface area contributed by atoms with Crippen molar-refractivity contribution in [2.45, 2.75) is 13.8 Å². The lowest BCUT2D eigenvalue weighted by molar-refractivity contribution is -0.111. The fraction of sp³-hybridized carbons (Fsp3) is 0.158. The topological polar surface area (TPSA) is 86.1 Å². The van der Waals surface area contributed by atoms with Gasteiger partial charge in [0.15, 0.2) is 10.8 Å². The molecule has 0 fully saturated rings. The molecule has 0 bridgehead atoms. The van der Waals surface area contributed by atoms with Crippen molar-refractivity contribution in [2.24, 2.45) is 0 Å². The minimum atomic E-state index is -0.546. The molecule has 0 radical (unpaired) electrons. The zero-order valence-corrected chi connectivity index (χ0v) is 17.1. The molecule has 1 aromatic carbocycles. The number of amides is 1. The molecule has 10 heteroatoms. The number of ether oxygens (including phenoxy) is 1. The average Bonchev–Trinajstić information content (AvgIpc) is 3.26. The van der Waals surface area contributed by atoms with Crippen molar-refractivity contribution in [3.05, 3.63) is 63.6 Å². The van der Waals surface area contributed by atoms with Gasteiger partial charge in [0.05, 0.1) is 18.0 Å². The van der Waals surface area contributed by atoms with Crippen molar-refractivity contribution in [1.29, 1.82) is 0 Å². The van der Waals surface area contributed by atoms with E-state index in [4.69, 9.17) is 16.3 Å². The first-order valence-electron chi connectivity index (χ1n) is 8.51. The van der Waals surface area contributed by atoms with Crippen LogP contribution in [-0.2, 0) is 9.53 Å². The maximum atomic E-state index is 13.1. The fourth-order valence-corrected chi connectivity index (χ4v) is 3.41. The van der Waals surface area contributed by atoms with Crippen LogP contribution in [0.3, 0.4) is 0 Å². The number of hydrogen-bond acceptors (Lipinski definition) is 6. The van der Waals surface area contributed by atoms with Crippen molar-refractivity contribution in [3.8, 4) is 5.69 Å². The van der Waals surface area contributed by atoms with E-state index in [2.05, 4.69) is 15.4 Å². The molecule has 2 aromatic heterocycles. The van der Waals surface area contributed by atoms with Gasteiger partial charge < -0.3 is 4.74 Å². The maximum absolute atomic E-state index is 13.1. The van der Waals surface area contributed by atoms with Gasteiger partial charge in [0.2, 0.25) is 5.91 Å². The summed E-state index contributed by atoms with van der Waals surface area (Å²) >= 11 is 7.49. The molecule has 0 saturated carbocycles. The van der Waals surface area contributed by atoms with E-state index in [0.29, 0.717) is 16.9 Å². The molecule has 150 valence electrons. The molecule has 0 unspecified atom stereocenters. The van der Waals surface area contributed by atoms with E-state index < -0.39 is 11.9 Å². The lowest BCUT2D eigenvalue weighted by Gasteiger charge is -2.02. The third-order valence-corrected chi connectivity index (χ3v) is 4.86. The van der Waals surface area contributed by atoms with Gasteiger partial charge in [-0.05, 0) is 44.2 Å². The van der Waals surface area contributed by atoms with Crippen LogP contribution in [0, 0.1) is 12.7 Å². The third-order valence-electron chi connectivity index (χ3n) is 3.74. The Morgan fingerprint density at radius 1 is 1.34 bits per heavy atom. The summed E-state index contributed by atoms with van der Waals surface area (Å²) in [6.45, 7) is 3.69. The number of thiazole rings is 1. The molecule has 0 aliphatic heterocycles. The van der Waals surface area contributed by atoms with Gasteiger partial charge in [-0.1, -0.05) is 11.6 Å². The molecule has 2 heterocycles. The first kappa shape index (κ1) is 20.7. The highest BCUT2D eigenvalue weighted by atomic mass is 35.5. The lowest BCUT2D eigenvalue weighted by Crippen LogP contribution is -2.09. The monoisotopic (exact) mass is 434 g/mol. The second-order valence-corrected chi connectivity index (χ2v) is 6.98. The average molecular weight is 435 g/mol. The number of esters is 1. The van der Waals surface area contributed by atoms with Gasteiger partial charge in [-0.15, -0.1) is 11.3 Å². The van der Waals surface area contributed by atoms with Gasteiger partial charge in [0.25, 0.3) is 0 Å². The zero-order valence-electron chi connectivity index (χ0n) is 15.5. The van der Waals surface area contributed by atoms with Crippen molar-refractivity contribution in [2.75, 3.05) is 11.9 Å². The standard InChI is InChI=1S/C19H16ClFN4O3S/c1-3-28-18(27)15-10-29-19(22-15)23-16(26)9-8-14-11(2)24-25(17(14)20)13-6-4-12(21)5-7-13/h4-10H,3H2,1-2H3,(H,22,23,26)/b9-8+. The van der Waals surface area contributed by atoms with Crippen LogP contribution < -0.4 is 5.32 Å². The van der Waals surface area contributed by atoms with Crippen molar-refractivity contribution in [3.63, 3.8) is 0 Å². The van der Waals surface area contributed by atoms with Crippen LogP contribution in [0.2, 0.25) is 5.15 Å². The molecule has 0 aliphatic rings. The van der Waals surface area contributed by atoms with Crippen LogP contribution in [0.1, 0.15) is 28.7 Å².